The summed E-state index contributed by atoms with van der Waals surface area (Å²) in [6, 6.07) is 2.23. The van der Waals surface area contributed by atoms with Crippen molar-refractivity contribution in [3.05, 3.63) is 16.7 Å². The van der Waals surface area contributed by atoms with Gasteiger partial charge in [0.05, 0.1) is 19.6 Å². The third-order valence-electron chi connectivity index (χ3n) is 3.75. The third-order valence-corrected chi connectivity index (χ3v) is 3.75. The molecule has 0 aliphatic carbocycles. The SMILES string of the molecule is COc1c2c(c(CC#N)c3c1OC(C)C3)OC(C)C2. The van der Waals surface area contributed by atoms with Crippen LogP contribution in [0.15, 0.2) is 0 Å². The number of fused-ring (bicyclic) bond motifs is 2. The van der Waals surface area contributed by atoms with E-state index in [2.05, 4.69) is 6.07 Å². The van der Waals surface area contributed by atoms with E-state index in [0.29, 0.717) is 6.42 Å². The van der Waals surface area contributed by atoms with Crippen LogP contribution < -0.4 is 14.2 Å². The van der Waals surface area contributed by atoms with Gasteiger partial charge in [0.2, 0.25) is 0 Å². The van der Waals surface area contributed by atoms with Gasteiger partial charge in [-0.2, -0.15) is 5.26 Å². The van der Waals surface area contributed by atoms with Crippen molar-refractivity contribution >= 4 is 0 Å². The summed E-state index contributed by atoms with van der Waals surface area (Å²) in [5.74, 6) is 2.46. The first kappa shape index (κ1) is 12.2. The van der Waals surface area contributed by atoms with Crippen LogP contribution in [0.2, 0.25) is 0 Å². The van der Waals surface area contributed by atoms with Gasteiger partial charge in [-0.05, 0) is 13.8 Å². The second-order valence-electron chi connectivity index (χ2n) is 5.23. The predicted molar refractivity (Wildman–Crippen MR) is 69.9 cm³/mol. The zero-order chi connectivity index (χ0) is 13.6. The van der Waals surface area contributed by atoms with E-state index in [1.807, 2.05) is 13.8 Å². The van der Waals surface area contributed by atoms with Gasteiger partial charge in [0.1, 0.15) is 18.0 Å². The minimum atomic E-state index is 0.126. The minimum absolute atomic E-state index is 0.126. The Balaban J connectivity index is 2.24. The average molecular weight is 259 g/mol. The number of methoxy groups -OCH3 is 1. The third kappa shape index (κ3) is 1.73. The number of benzene rings is 1. The molecular weight excluding hydrogens is 242 g/mol. The highest BCUT2D eigenvalue weighted by atomic mass is 16.5. The van der Waals surface area contributed by atoms with Gasteiger partial charge in [0.25, 0.3) is 0 Å². The van der Waals surface area contributed by atoms with E-state index in [-0.39, 0.29) is 12.2 Å². The van der Waals surface area contributed by atoms with Crippen molar-refractivity contribution in [1.29, 1.82) is 5.26 Å². The second kappa shape index (κ2) is 4.34. The largest absolute Gasteiger partial charge is 0.492 e. The number of hydrogen-bond donors (Lipinski definition) is 0. The molecular formula is C15H17NO3. The van der Waals surface area contributed by atoms with E-state index in [1.165, 1.54) is 0 Å². The molecule has 1 aromatic carbocycles. The molecule has 0 radical (unpaired) electrons. The Morgan fingerprint density at radius 3 is 2.42 bits per heavy atom. The Morgan fingerprint density at radius 2 is 1.79 bits per heavy atom. The van der Waals surface area contributed by atoms with E-state index in [4.69, 9.17) is 19.5 Å². The molecule has 0 saturated carbocycles. The summed E-state index contributed by atoms with van der Waals surface area (Å²) >= 11 is 0. The molecule has 2 aliphatic rings. The topological polar surface area (TPSA) is 51.5 Å². The van der Waals surface area contributed by atoms with Crippen molar-refractivity contribution in [3.63, 3.8) is 0 Å². The molecule has 2 aliphatic heterocycles. The Kier molecular flexibility index (Phi) is 2.78. The molecule has 3 rings (SSSR count). The fraction of sp³-hybridized carbons (Fsp3) is 0.533. The van der Waals surface area contributed by atoms with Crippen LogP contribution in [0.1, 0.15) is 30.5 Å². The summed E-state index contributed by atoms with van der Waals surface area (Å²) in [5, 5.41) is 9.06. The molecule has 4 nitrogen and oxygen atoms in total. The number of rotatable bonds is 2. The van der Waals surface area contributed by atoms with Crippen LogP contribution in [-0.2, 0) is 19.3 Å². The fourth-order valence-corrected chi connectivity index (χ4v) is 3.04. The van der Waals surface area contributed by atoms with Gasteiger partial charge in [-0.3, -0.25) is 0 Å². The molecule has 0 bridgehead atoms. The van der Waals surface area contributed by atoms with Crippen molar-refractivity contribution in [2.75, 3.05) is 7.11 Å². The quantitative estimate of drug-likeness (QED) is 0.818. The maximum Gasteiger partial charge on any atom is 0.168 e. The normalized spacial score (nSPS) is 23.1. The number of hydrogen-bond acceptors (Lipinski definition) is 4. The van der Waals surface area contributed by atoms with Crippen molar-refractivity contribution < 1.29 is 14.2 Å². The van der Waals surface area contributed by atoms with Crippen LogP contribution in [0.5, 0.6) is 17.2 Å². The molecule has 2 atom stereocenters. The van der Waals surface area contributed by atoms with Gasteiger partial charge < -0.3 is 14.2 Å². The summed E-state index contributed by atoms with van der Waals surface area (Å²) < 4.78 is 17.3. The van der Waals surface area contributed by atoms with E-state index in [9.17, 15) is 0 Å². The summed E-state index contributed by atoms with van der Waals surface area (Å²) in [6.07, 6.45) is 2.23. The van der Waals surface area contributed by atoms with Crippen LogP contribution in [0.4, 0.5) is 0 Å². The Bertz CT molecular complexity index is 535. The highest BCUT2D eigenvalue weighted by Gasteiger charge is 2.36. The maximum atomic E-state index is 9.06. The zero-order valence-electron chi connectivity index (χ0n) is 11.4. The van der Waals surface area contributed by atoms with Gasteiger partial charge in [-0.25, -0.2) is 0 Å². The molecule has 4 heteroatoms. The molecule has 0 fully saturated rings. The molecule has 0 N–H and O–H groups in total. The first-order chi connectivity index (χ1) is 9.15. The van der Waals surface area contributed by atoms with Crippen molar-refractivity contribution in [3.8, 4) is 23.3 Å². The molecule has 2 unspecified atom stereocenters. The Labute approximate surface area is 112 Å². The van der Waals surface area contributed by atoms with E-state index in [0.717, 1.165) is 46.8 Å². The van der Waals surface area contributed by atoms with Crippen molar-refractivity contribution in [1.82, 2.24) is 0 Å². The smallest absolute Gasteiger partial charge is 0.168 e. The van der Waals surface area contributed by atoms with Gasteiger partial charge >= 0.3 is 0 Å². The van der Waals surface area contributed by atoms with Crippen LogP contribution in [0.25, 0.3) is 0 Å². The van der Waals surface area contributed by atoms with Gasteiger partial charge in [-0.1, -0.05) is 0 Å². The monoisotopic (exact) mass is 259 g/mol. The van der Waals surface area contributed by atoms with E-state index >= 15 is 0 Å². The summed E-state index contributed by atoms with van der Waals surface area (Å²) in [7, 11) is 1.66. The molecule has 0 spiro atoms. The standard InChI is InChI=1S/C15H17NO3/c1-8-6-11-10(4-5-16)13-12(7-9(2)18-13)14(17-3)15(11)19-8/h8-9H,4,6-7H2,1-3H3. The molecule has 2 heterocycles. The molecule has 19 heavy (non-hydrogen) atoms. The van der Waals surface area contributed by atoms with Crippen LogP contribution in [0, 0.1) is 11.3 Å². The number of nitrogens with zero attached hydrogens (tertiary/aromatic N) is 1. The molecule has 0 amide bonds. The van der Waals surface area contributed by atoms with Gasteiger partial charge in [0.15, 0.2) is 11.5 Å². The van der Waals surface area contributed by atoms with Crippen molar-refractivity contribution in [2.24, 2.45) is 0 Å². The number of nitriles is 1. The Hall–Kier alpha value is -1.89. The van der Waals surface area contributed by atoms with E-state index < -0.39 is 0 Å². The second-order valence-corrected chi connectivity index (χ2v) is 5.23. The molecule has 1 aromatic rings. The zero-order valence-corrected chi connectivity index (χ0v) is 11.4. The first-order valence-corrected chi connectivity index (χ1v) is 6.60. The highest BCUT2D eigenvalue weighted by Crippen LogP contribution is 2.51. The van der Waals surface area contributed by atoms with E-state index in [1.54, 1.807) is 7.11 Å². The van der Waals surface area contributed by atoms with Gasteiger partial charge in [0, 0.05) is 29.5 Å². The average Bonchev–Trinajstić information content (AvgIpc) is 2.92. The molecule has 100 valence electrons. The summed E-state index contributed by atoms with van der Waals surface area (Å²) in [5.41, 5.74) is 3.12. The minimum Gasteiger partial charge on any atom is -0.492 e. The summed E-state index contributed by atoms with van der Waals surface area (Å²) in [4.78, 5) is 0. The lowest BCUT2D eigenvalue weighted by atomic mass is 9.95. The van der Waals surface area contributed by atoms with Crippen LogP contribution in [0.3, 0.4) is 0 Å². The maximum absolute atomic E-state index is 9.06. The lowest BCUT2D eigenvalue weighted by molar-refractivity contribution is 0.242. The lowest BCUT2D eigenvalue weighted by Gasteiger charge is -2.15. The fourth-order valence-electron chi connectivity index (χ4n) is 3.04. The van der Waals surface area contributed by atoms with Crippen LogP contribution in [-0.4, -0.2) is 19.3 Å². The summed E-state index contributed by atoms with van der Waals surface area (Å²) in [6.45, 7) is 4.06. The predicted octanol–water partition coefficient (Wildman–Crippen LogP) is 2.41. The molecule has 0 aromatic heterocycles. The Morgan fingerprint density at radius 1 is 1.16 bits per heavy atom. The van der Waals surface area contributed by atoms with Crippen LogP contribution >= 0.6 is 0 Å². The lowest BCUT2D eigenvalue weighted by Crippen LogP contribution is -2.08. The van der Waals surface area contributed by atoms with Crippen molar-refractivity contribution in [2.45, 2.75) is 45.3 Å². The van der Waals surface area contributed by atoms with Gasteiger partial charge in [-0.15, -0.1) is 0 Å². The molecule has 0 saturated heterocycles. The highest BCUT2D eigenvalue weighted by molar-refractivity contribution is 5.66. The number of ether oxygens (including phenoxy) is 3. The first-order valence-electron chi connectivity index (χ1n) is 6.60.